The van der Waals surface area contributed by atoms with Crippen molar-refractivity contribution in [1.29, 1.82) is 0 Å². The first kappa shape index (κ1) is 17.3. The van der Waals surface area contributed by atoms with Gasteiger partial charge in [0.05, 0.1) is 0 Å². The summed E-state index contributed by atoms with van der Waals surface area (Å²) in [6.45, 7) is 1.96. The maximum absolute atomic E-state index is 14.2. The molecule has 1 unspecified atom stereocenters. The van der Waals surface area contributed by atoms with E-state index in [0.29, 0.717) is 0 Å². The molecule has 0 amide bonds. The minimum absolute atomic E-state index is 0.200. The summed E-state index contributed by atoms with van der Waals surface area (Å²) in [7, 11) is 0. The Kier molecular flexibility index (Phi) is 5.18. The van der Waals surface area contributed by atoms with Gasteiger partial charge in [-0.2, -0.15) is 0 Å². The van der Waals surface area contributed by atoms with Crippen LogP contribution in [0.3, 0.4) is 0 Å². The smallest absolute Gasteiger partial charge is 0.127 e. The number of allylic oxidation sites excluding steroid dienone is 2. The second kappa shape index (κ2) is 7.18. The van der Waals surface area contributed by atoms with Gasteiger partial charge in [0.1, 0.15) is 5.82 Å². The molecule has 0 spiro atoms. The topological polar surface area (TPSA) is 40.1 Å². The number of hydrogen-bond donors (Lipinski definition) is 0. The third kappa shape index (κ3) is 3.61. The fourth-order valence-corrected chi connectivity index (χ4v) is 3.81. The van der Waals surface area contributed by atoms with E-state index in [4.69, 9.17) is 11.6 Å². The van der Waals surface area contributed by atoms with Crippen LogP contribution in [0.2, 0.25) is 5.02 Å². The Morgan fingerprint density at radius 3 is 2.33 bits per heavy atom. The van der Waals surface area contributed by atoms with Gasteiger partial charge in [-0.15, -0.1) is 0 Å². The Bertz CT molecular complexity index is 845. The average molecular weight is 364 g/mol. The van der Waals surface area contributed by atoms with Crippen LogP contribution in [0.15, 0.2) is 36.4 Å². The zero-order valence-corrected chi connectivity index (χ0v) is 14.8. The molecule has 0 heterocycles. The Hall–Kier alpha value is -1.49. The van der Waals surface area contributed by atoms with E-state index in [1.54, 1.807) is 6.07 Å². The molecule has 0 saturated heterocycles. The summed E-state index contributed by atoms with van der Waals surface area (Å²) in [6.07, 6.45) is 2.83. The second-order valence-electron chi connectivity index (χ2n) is 6.03. The van der Waals surface area contributed by atoms with Crippen molar-refractivity contribution in [2.24, 2.45) is 0 Å². The highest BCUT2D eigenvalue weighted by Crippen LogP contribution is 2.40. The molecule has 2 aromatic carbocycles. The lowest BCUT2D eigenvalue weighted by molar-refractivity contribution is 0.533. The summed E-state index contributed by atoms with van der Waals surface area (Å²) in [5.74, 6) is -0.775. The second-order valence-corrected chi connectivity index (χ2v) is 7.33. The lowest BCUT2D eigenvalue weighted by Crippen LogP contribution is -1.98. The summed E-state index contributed by atoms with van der Waals surface area (Å²) >= 11 is 3.95. The van der Waals surface area contributed by atoms with Crippen LogP contribution in [0.25, 0.3) is 11.1 Å². The molecule has 0 fully saturated rings. The summed E-state index contributed by atoms with van der Waals surface area (Å²) in [5.41, 5.74) is 5.42. The van der Waals surface area contributed by atoms with Crippen molar-refractivity contribution in [2.75, 3.05) is 0 Å². The predicted molar refractivity (Wildman–Crippen MR) is 95.9 cm³/mol. The van der Waals surface area contributed by atoms with Gasteiger partial charge in [0.15, 0.2) is 0 Å². The van der Waals surface area contributed by atoms with Crippen LogP contribution < -0.4 is 0 Å². The van der Waals surface area contributed by atoms with E-state index in [1.165, 1.54) is 11.6 Å². The summed E-state index contributed by atoms with van der Waals surface area (Å²) in [6, 6.07) is 10.8. The molecule has 0 aliphatic heterocycles. The molecular weight excluding hydrogens is 347 g/mol. The first-order valence-corrected chi connectivity index (χ1v) is 9.41. The van der Waals surface area contributed by atoms with Crippen molar-refractivity contribution in [3.63, 3.8) is 0 Å². The van der Waals surface area contributed by atoms with E-state index in [9.17, 15) is 13.2 Å². The van der Waals surface area contributed by atoms with E-state index >= 15 is 0 Å². The van der Waals surface area contributed by atoms with Gasteiger partial charge in [-0.25, -0.2) is 4.39 Å². The number of aryl methyl sites for hydroxylation is 1. The van der Waals surface area contributed by atoms with Crippen molar-refractivity contribution >= 4 is 33.8 Å². The molecule has 2 nitrogen and oxygen atoms in total. The van der Waals surface area contributed by atoms with E-state index < -0.39 is 16.9 Å². The lowest BCUT2D eigenvalue weighted by atomic mass is 9.96. The molecule has 1 aliphatic carbocycles. The molecule has 0 radical (unpaired) electrons. The third-order valence-electron chi connectivity index (χ3n) is 4.41. The highest BCUT2D eigenvalue weighted by molar-refractivity contribution is 7.78. The maximum atomic E-state index is 14.2. The normalized spacial score (nSPS) is 15.8. The molecule has 1 atom stereocenters. The Morgan fingerprint density at radius 1 is 1.12 bits per heavy atom. The van der Waals surface area contributed by atoms with Crippen LogP contribution in [-0.2, 0) is 16.8 Å². The molecule has 0 bridgehead atoms. The van der Waals surface area contributed by atoms with Gasteiger partial charge < -0.3 is 4.55 Å². The van der Waals surface area contributed by atoms with E-state index in [0.717, 1.165) is 46.5 Å². The molecule has 1 aliphatic rings. The van der Waals surface area contributed by atoms with E-state index in [1.807, 2.05) is 31.2 Å². The number of hydrogen-bond acceptors (Lipinski definition) is 2. The van der Waals surface area contributed by atoms with Gasteiger partial charge in [0, 0.05) is 10.8 Å². The Balaban J connectivity index is 2.01. The fourth-order valence-electron chi connectivity index (χ4n) is 3.14. The van der Waals surface area contributed by atoms with Gasteiger partial charge in [-0.1, -0.05) is 46.9 Å². The monoisotopic (exact) mass is 363 g/mol. The van der Waals surface area contributed by atoms with Crippen LogP contribution >= 0.6 is 11.6 Å². The summed E-state index contributed by atoms with van der Waals surface area (Å²) in [5, 5.41) is 0.728. The van der Waals surface area contributed by atoms with Gasteiger partial charge in [0.25, 0.3) is 0 Å². The van der Waals surface area contributed by atoms with Crippen LogP contribution in [-0.4, -0.2) is 8.76 Å². The van der Waals surface area contributed by atoms with Crippen molar-refractivity contribution in [1.82, 2.24) is 0 Å². The SMILES string of the molecule is Cc1ccc(C2=C(c3ccc(CS(=O)[O-])c(F)c3)CCC2)cc1Cl. The molecule has 0 saturated carbocycles. The van der Waals surface area contributed by atoms with Gasteiger partial charge in [0.2, 0.25) is 0 Å². The minimum atomic E-state index is -2.29. The molecule has 0 aromatic heterocycles. The molecule has 24 heavy (non-hydrogen) atoms. The number of rotatable bonds is 4. The van der Waals surface area contributed by atoms with Crippen molar-refractivity contribution in [2.45, 2.75) is 31.9 Å². The number of benzene rings is 2. The molecule has 0 N–H and O–H groups in total. The van der Waals surface area contributed by atoms with Crippen LogP contribution in [0, 0.1) is 12.7 Å². The molecule has 5 heteroatoms. The standard InChI is InChI=1S/C19H18ClFO2S/c1-12-5-6-13(9-18(12)20)16-3-2-4-17(16)14-7-8-15(11-24(22)23)19(21)10-14/h5-10H,2-4,11H2,1H3,(H,22,23)/p-1. The Labute approximate surface area is 148 Å². The zero-order chi connectivity index (χ0) is 17.3. The highest BCUT2D eigenvalue weighted by Gasteiger charge is 2.19. The lowest BCUT2D eigenvalue weighted by Gasteiger charge is -2.12. The van der Waals surface area contributed by atoms with Gasteiger partial charge >= 0.3 is 0 Å². The third-order valence-corrected chi connectivity index (χ3v) is 5.37. The van der Waals surface area contributed by atoms with E-state index in [-0.39, 0.29) is 11.3 Å². The first-order chi connectivity index (χ1) is 11.5. The fraction of sp³-hybridized carbons (Fsp3) is 0.263. The predicted octanol–water partition coefficient (Wildman–Crippen LogP) is 5.26. The molecule has 126 valence electrons. The highest BCUT2D eigenvalue weighted by atomic mass is 35.5. The number of halogens is 2. The summed E-state index contributed by atoms with van der Waals surface area (Å²) in [4.78, 5) is 0. The molecule has 2 aromatic rings. The largest absolute Gasteiger partial charge is 0.772 e. The maximum Gasteiger partial charge on any atom is 0.127 e. The van der Waals surface area contributed by atoms with Crippen molar-refractivity contribution in [3.05, 3.63) is 69.5 Å². The van der Waals surface area contributed by atoms with Gasteiger partial charge in [-0.3, -0.25) is 4.21 Å². The molecular formula is C19H17ClFO2S-. The van der Waals surface area contributed by atoms with Crippen molar-refractivity contribution < 1.29 is 13.2 Å². The summed E-state index contributed by atoms with van der Waals surface area (Å²) < 4.78 is 35.7. The van der Waals surface area contributed by atoms with Crippen LogP contribution in [0.5, 0.6) is 0 Å². The van der Waals surface area contributed by atoms with Crippen LogP contribution in [0.4, 0.5) is 4.39 Å². The minimum Gasteiger partial charge on any atom is -0.772 e. The quantitative estimate of drug-likeness (QED) is 0.695. The van der Waals surface area contributed by atoms with Crippen molar-refractivity contribution in [3.8, 4) is 0 Å². The zero-order valence-electron chi connectivity index (χ0n) is 13.3. The van der Waals surface area contributed by atoms with Gasteiger partial charge in [-0.05, 0) is 71.7 Å². The molecule has 3 rings (SSSR count). The average Bonchev–Trinajstić information content (AvgIpc) is 3.01. The first-order valence-electron chi connectivity index (χ1n) is 7.79. The Morgan fingerprint density at radius 2 is 1.75 bits per heavy atom. The van der Waals surface area contributed by atoms with Crippen LogP contribution in [0.1, 0.15) is 41.5 Å². The van der Waals surface area contributed by atoms with E-state index in [2.05, 4.69) is 0 Å².